The summed E-state index contributed by atoms with van der Waals surface area (Å²) in [6.07, 6.45) is 6.77. The molecule has 0 spiro atoms. The number of aromatic nitrogens is 4. The van der Waals surface area contributed by atoms with Crippen molar-refractivity contribution in [1.82, 2.24) is 24.9 Å². The quantitative estimate of drug-likeness (QED) is 0.755. The van der Waals surface area contributed by atoms with Gasteiger partial charge in [-0.15, -0.1) is 0 Å². The molecule has 0 radical (unpaired) electrons. The van der Waals surface area contributed by atoms with E-state index in [1.807, 2.05) is 42.8 Å². The molecule has 114 valence electrons. The summed E-state index contributed by atoms with van der Waals surface area (Å²) in [6, 6.07) is 3.96. The van der Waals surface area contributed by atoms with Crippen molar-refractivity contribution in [3.05, 3.63) is 53.2 Å². The Bertz CT molecular complexity index is 782. The third kappa shape index (κ3) is 3.00. The minimum absolute atomic E-state index is 0.0446. The summed E-state index contributed by atoms with van der Waals surface area (Å²) >= 11 is 0. The fraction of sp³-hybridized carbons (Fsp3) is 0.312. The van der Waals surface area contributed by atoms with Crippen LogP contribution in [0.2, 0.25) is 0 Å². The summed E-state index contributed by atoms with van der Waals surface area (Å²) in [4.78, 5) is 16.2. The van der Waals surface area contributed by atoms with Gasteiger partial charge in [0.2, 0.25) is 5.91 Å². The summed E-state index contributed by atoms with van der Waals surface area (Å²) in [5.74, 6) is 0.0446. The van der Waals surface area contributed by atoms with Crippen molar-refractivity contribution in [3.63, 3.8) is 0 Å². The Labute approximate surface area is 128 Å². The Hall–Kier alpha value is -2.63. The Kier molecular flexibility index (Phi) is 3.91. The Morgan fingerprint density at radius 1 is 1.36 bits per heavy atom. The molecule has 3 heterocycles. The van der Waals surface area contributed by atoms with Crippen LogP contribution in [-0.4, -0.2) is 25.5 Å². The smallest absolute Gasteiger partial charge is 0.220 e. The molecule has 1 amide bonds. The zero-order valence-electron chi connectivity index (χ0n) is 12.8. The minimum atomic E-state index is 0.0446. The summed E-state index contributed by atoms with van der Waals surface area (Å²) in [5.41, 5.74) is 5.07. The molecule has 3 aromatic rings. The van der Waals surface area contributed by atoms with E-state index in [-0.39, 0.29) is 5.91 Å². The van der Waals surface area contributed by atoms with E-state index in [9.17, 15) is 4.79 Å². The lowest BCUT2D eigenvalue weighted by Gasteiger charge is -2.06. The standard InChI is InChI=1S/C16H19N5O/c1-11-14(12(2)20-19-11)3-4-16(22)18-10-13-5-7-21-8-6-17-15(21)9-13/h5-9H,3-4,10H2,1-2H3,(H,18,22)(H,19,20). The lowest BCUT2D eigenvalue weighted by Crippen LogP contribution is -2.23. The summed E-state index contributed by atoms with van der Waals surface area (Å²) in [5, 5.41) is 10.0. The van der Waals surface area contributed by atoms with Crippen molar-refractivity contribution < 1.29 is 4.79 Å². The Morgan fingerprint density at radius 2 is 2.23 bits per heavy atom. The number of hydrogen-bond donors (Lipinski definition) is 2. The molecule has 2 N–H and O–H groups in total. The second-order valence-electron chi connectivity index (χ2n) is 5.42. The third-order valence-corrected chi connectivity index (χ3v) is 3.83. The van der Waals surface area contributed by atoms with Gasteiger partial charge in [0.15, 0.2) is 0 Å². The number of aromatic amines is 1. The first-order valence-corrected chi connectivity index (χ1v) is 7.32. The molecule has 0 atom stereocenters. The first-order chi connectivity index (χ1) is 10.6. The number of aryl methyl sites for hydroxylation is 2. The third-order valence-electron chi connectivity index (χ3n) is 3.83. The predicted octanol–water partition coefficient (Wildman–Crippen LogP) is 1.92. The molecule has 0 bridgehead atoms. The number of carbonyl (C=O) groups excluding carboxylic acids is 1. The average molecular weight is 297 g/mol. The number of fused-ring (bicyclic) bond motifs is 1. The summed E-state index contributed by atoms with van der Waals surface area (Å²) in [6.45, 7) is 4.45. The van der Waals surface area contributed by atoms with E-state index in [1.54, 1.807) is 6.20 Å². The van der Waals surface area contributed by atoms with Crippen LogP contribution in [0.4, 0.5) is 0 Å². The molecule has 3 rings (SSSR count). The van der Waals surface area contributed by atoms with Gasteiger partial charge in [-0.05, 0) is 43.5 Å². The van der Waals surface area contributed by atoms with Crippen molar-refractivity contribution in [2.45, 2.75) is 33.2 Å². The molecule has 6 heteroatoms. The van der Waals surface area contributed by atoms with Gasteiger partial charge in [-0.3, -0.25) is 9.89 Å². The van der Waals surface area contributed by atoms with Gasteiger partial charge in [-0.1, -0.05) is 0 Å². The molecule has 0 aliphatic carbocycles. The predicted molar refractivity (Wildman–Crippen MR) is 83.4 cm³/mol. The molecular weight excluding hydrogens is 278 g/mol. The normalized spacial score (nSPS) is 11.0. The lowest BCUT2D eigenvalue weighted by molar-refractivity contribution is -0.121. The number of carbonyl (C=O) groups is 1. The maximum absolute atomic E-state index is 12.0. The molecule has 3 aromatic heterocycles. The van der Waals surface area contributed by atoms with Crippen LogP contribution in [0.25, 0.3) is 5.65 Å². The number of nitrogens with one attached hydrogen (secondary N) is 2. The van der Waals surface area contributed by atoms with Gasteiger partial charge in [0, 0.05) is 37.3 Å². The van der Waals surface area contributed by atoms with E-state index in [0.29, 0.717) is 19.4 Å². The molecule has 0 aliphatic rings. The van der Waals surface area contributed by atoms with Gasteiger partial charge in [0.1, 0.15) is 5.65 Å². The SMILES string of the molecule is Cc1n[nH]c(C)c1CCC(=O)NCc1ccn2ccnc2c1. The first kappa shape index (κ1) is 14.3. The van der Waals surface area contributed by atoms with Crippen LogP contribution in [0.15, 0.2) is 30.7 Å². The summed E-state index contributed by atoms with van der Waals surface area (Å²) < 4.78 is 1.94. The molecule has 22 heavy (non-hydrogen) atoms. The second-order valence-corrected chi connectivity index (χ2v) is 5.42. The van der Waals surface area contributed by atoms with E-state index in [2.05, 4.69) is 20.5 Å². The molecule has 0 aliphatic heterocycles. The van der Waals surface area contributed by atoms with Gasteiger partial charge in [-0.25, -0.2) is 4.98 Å². The monoisotopic (exact) mass is 297 g/mol. The molecule has 0 saturated heterocycles. The van der Waals surface area contributed by atoms with E-state index >= 15 is 0 Å². The van der Waals surface area contributed by atoms with Gasteiger partial charge in [0.25, 0.3) is 0 Å². The minimum Gasteiger partial charge on any atom is -0.352 e. The van der Waals surface area contributed by atoms with Crippen molar-refractivity contribution in [2.75, 3.05) is 0 Å². The van der Waals surface area contributed by atoms with Crippen LogP contribution in [0.5, 0.6) is 0 Å². The van der Waals surface area contributed by atoms with Crippen LogP contribution in [0.3, 0.4) is 0 Å². The van der Waals surface area contributed by atoms with E-state index in [1.165, 1.54) is 0 Å². The van der Waals surface area contributed by atoms with Gasteiger partial charge in [-0.2, -0.15) is 5.10 Å². The zero-order chi connectivity index (χ0) is 15.5. The highest BCUT2D eigenvalue weighted by Crippen LogP contribution is 2.11. The van der Waals surface area contributed by atoms with Crippen molar-refractivity contribution in [2.24, 2.45) is 0 Å². The van der Waals surface area contributed by atoms with Crippen LogP contribution >= 0.6 is 0 Å². The van der Waals surface area contributed by atoms with Gasteiger partial charge < -0.3 is 9.72 Å². The van der Waals surface area contributed by atoms with Gasteiger partial charge >= 0.3 is 0 Å². The fourth-order valence-electron chi connectivity index (χ4n) is 2.53. The highest BCUT2D eigenvalue weighted by atomic mass is 16.1. The number of H-pyrrole nitrogens is 1. The molecule has 6 nitrogen and oxygen atoms in total. The summed E-state index contributed by atoms with van der Waals surface area (Å²) in [7, 11) is 0. The number of rotatable bonds is 5. The topological polar surface area (TPSA) is 75.1 Å². The van der Waals surface area contributed by atoms with Crippen LogP contribution < -0.4 is 5.32 Å². The van der Waals surface area contributed by atoms with Crippen LogP contribution in [0.1, 0.15) is 28.9 Å². The second kappa shape index (κ2) is 6.01. The maximum Gasteiger partial charge on any atom is 0.220 e. The highest BCUT2D eigenvalue weighted by molar-refractivity contribution is 5.76. The highest BCUT2D eigenvalue weighted by Gasteiger charge is 2.09. The largest absolute Gasteiger partial charge is 0.352 e. The molecule has 0 fully saturated rings. The number of imidazole rings is 1. The number of hydrogen-bond acceptors (Lipinski definition) is 3. The Balaban J connectivity index is 1.53. The molecule has 0 saturated carbocycles. The number of amides is 1. The first-order valence-electron chi connectivity index (χ1n) is 7.32. The molecule has 0 unspecified atom stereocenters. The fourth-order valence-corrected chi connectivity index (χ4v) is 2.53. The van der Waals surface area contributed by atoms with Crippen molar-refractivity contribution in [3.8, 4) is 0 Å². The van der Waals surface area contributed by atoms with Crippen LogP contribution in [0, 0.1) is 13.8 Å². The van der Waals surface area contributed by atoms with Crippen molar-refractivity contribution in [1.29, 1.82) is 0 Å². The van der Waals surface area contributed by atoms with E-state index in [4.69, 9.17) is 0 Å². The average Bonchev–Trinajstić information content (AvgIpc) is 3.10. The van der Waals surface area contributed by atoms with Crippen molar-refractivity contribution >= 4 is 11.6 Å². The number of pyridine rings is 1. The molecule has 0 aromatic carbocycles. The molecular formula is C16H19N5O. The van der Waals surface area contributed by atoms with Gasteiger partial charge in [0.05, 0.1) is 5.69 Å². The van der Waals surface area contributed by atoms with E-state index in [0.717, 1.165) is 28.2 Å². The maximum atomic E-state index is 12.0. The number of nitrogens with zero attached hydrogens (tertiary/aromatic N) is 3. The van der Waals surface area contributed by atoms with E-state index < -0.39 is 0 Å². The van der Waals surface area contributed by atoms with Crippen LogP contribution in [-0.2, 0) is 17.8 Å². The Morgan fingerprint density at radius 3 is 3.00 bits per heavy atom. The zero-order valence-corrected chi connectivity index (χ0v) is 12.8. The lowest BCUT2D eigenvalue weighted by atomic mass is 10.1.